The molecule has 0 spiro atoms. The van der Waals surface area contributed by atoms with Gasteiger partial charge in [0.1, 0.15) is 0 Å². The molecule has 0 bridgehead atoms. The van der Waals surface area contributed by atoms with E-state index in [1.807, 2.05) is 0 Å². The average Bonchev–Trinajstić information content (AvgIpc) is 2.08. The first-order chi connectivity index (χ1) is 6.24. The van der Waals surface area contributed by atoms with Crippen LogP contribution in [0.4, 0.5) is 0 Å². The Kier molecular flexibility index (Phi) is 4.01. The van der Waals surface area contributed by atoms with Crippen molar-refractivity contribution in [2.75, 3.05) is 0 Å². The minimum atomic E-state index is 0.884. The number of benzene rings is 1. The second-order valence-electron chi connectivity index (χ2n) is 4.07. The van der Waals surface area contributed by atoms with Crippen molar-refractivity contribution < 1.29 is 0 Å². The normalized spacial score (nSPS) is 12.6. The Morgan fingerprint density at radius 1 is 1.08 bits per heavy atom. The predicted octanol–water partition coefficient (Wildman–Crippen LogP) is 3.84. The largest absolute Gasteiger partial charge is 0.0651 e. The van der Waals surface area contributed by atoms with Gasteiger partial charge in [0.15, 0.2) is 0 Å². The first-order valence-electron chi connectivity index (χ1n) is 5.30. The molecule has 13 heavy (non-hydrogen) atoms. The second kappa shape index (κ2) is 5.06. The number of aryl methyl sites for hydroxylation is 2. The maximum Gasteiger partial charge on any atom is -0.0235 e. The molecule has 0 heterocycles. The summed E-state index contributed by atoms with van der Waals surface area (Å²) in [6.45, 7) is 6.64. The van der Waals surface area contributed by atoms with Crippen LogP contribution in [0, 0.1) is 5.92 Å². The molecule has 0 fully saturated rings. The van der Waals surface area contributed by atoms with E-state index in [4.69, 9.17) is 0 Å². The van der Waals surface area contributed by atoms with Gasteiger partial charge in [-0.25, -0.2) is 0 Å². The van der Waals surface area contributed by atoms with E-state index in [1.165, 1.54) is 19.3 Å². The van der Waals surface area contributed by atoms with Crippen molar-refractivity contribution in [2.45, 2.75) is 40.0 Å². The molecule has 0 nitrogen and oxygen atoms in total. The summed E-state index contributed by atoms with van der Waals surface area (Å²) in [5.41, 5.74) is 3.10. The molecule has 1 aliphatic carbocycles. The Hall–Kier alpha value is -0.780. The van der Waals surface area contributed by atoms with E-state index in [2.05, 4.69) is 45.0 Å². The monoisotopic (exact) mass is 176 g/mol. The van der Waals surface area contributed by atoms with Gasteiger partial charge in [-0.2, -0.15) is 0 Å². The van der Waals surface area contributed by atoms with Gasteiger partial charge >= 0.3 is 0 Å². The van der Waals surface area contributed by atoms with E-state index < -0.39 is 0 Å². The standard InChI is InChI=1S/C8H8.C5H12/c1-2-4-8-6-5-7(8)3-1;1-4-5(2)3/h1-4H,5-6H2;5H,4H2,1-3H3. The van der Waals surface area contributed by atoms with Crippen molar-refractivity contribution >= 4 is 0 Å². The first kappa shape index (κ1) is 10.3. The van der Waals surface area contributed by atoms with E-state index in [-0.39, 0.29) is 0 Å². The van der Waals surface area contributed by atoms with Gasteiger partial charge < -0.3 is 0 Å². The van der Waals surface area contributed by atoms with Gasteiger partial charge in [0, 0.05) is 0 Å². The molecule has 1 aromatic carbocycles. The molecule has 0 amide bonds. The third-order valence-corrected chi connectivity index (χ3v) is 2.60. The molecule has 2 rings (SSSR count). The Labute approximate surface area is 82.0 Å². The van der Waals surface area contributed by atoms with Crippen LogP contribution in [0.5, 0.6) is 0 Å². The van der Waals surface area contributed by atoms with Crippen LogP contribution in [-0.2, 0) is 12.8 Å². The van der Waals surface area contributed by atoms with Crippen molar-refractivity contribution in [1.82, 2.24) is 0 Å². The first-order valence-corrected chi connectivity index (χ1v) is 5.30. The maximum absolute atomic E-state index is 2.22. The molecule has 0 N–H and O–H groups in total. The topological polar surface area (TPSA) is 0 Å². The van der Waals surface area contributed by atoms with Crippen molar-refractivity contribution in [3.63, 3.8) is 0 Å². The Balaban J connectivity index is 0.000000149. The van der Waals surface area contributed by atoms with E-state index in [0.29, 0.717) is 0 Å². The molecular weight excluding hydrogens is 156 g/mol. The molecule has 0 radical (unpaired) electrons. The number of rotatable bonds is 1. The summed E-state index contributed by atoms with van der Waals surface area (Å²) in [7, 11) is 0. The number of hydrogen-bond acceptors (Lipinski definition) is 0. The fraction of sp³-hybridized carbons (Fsp3) is 0.538. The lowest BCUT2D eigenvalue weighted by atomic mass is 9.89. The zero-order valence-corrected chi connectivity index (χ0v) is 9.01. The van der Waals surface area contributed by atoms with Crippen LogP contribution < -0.4 is 0 Å². The van der Waals surface area contributed by atoms with Crippen LogP contribution in [0.3, 0.4) is 0 Å². The van der Waals surface area contributed by atoms with Crippen LogP contribution in [-0.4, -0.2) is 0 Å². The third-order valence-electron chi connectivity index (χ3n) is 2.60. The molecule has 0 unspecified atom stereocenters. The SMILES string of the molecule is CCC(C)C.c1ccc2c(c1)CC2. The molecule has 0 saturated carbocycles. The lowest BCUT2D eigenvalue weighted by molar-refractivity contribution is 0.626. The summed E-state index contributed by atoms with van der Waals surface area (Å²) < 4.78 is 0. The van der Waals surface area contributed by atoms with E-state index in [0.717, 1.165) is 5.92 Å². The number of fused-ring (bicyclic) bond motifs is 1. The van der Waals surface area contributed by atoms with Gasteiger partial charge in [-0.3, -0.25) is 0 Å². The fourth-order valence-corrected chi connectivity index (χ4v) is 1.14. The van der Waals surface area contributed by atoms with Gasteiger partial charge in [-0.1, -0.05) is 51.5 Å². The van der Waals surface area contributed by atoms with Crippen LogP contribution in [0.2, 0.25) is 0 Å². The van der Waals surface area contributed by atoms with Gasteiger partial charge in [0.05, 0.1) is 0 Å². The lowest BCUT2D eigenvalue weighted by Crippen LogP contribution is -2.06. The molecule has 0 aromatic heterocycles. The molecule has 0 atom stereocenters. The predicted molar refractivity (Wildman–Crippen MR) is 59.0 cm³/mol. The van der Waals surface area contributed by atoms with E-state index >= 15 is 0 Å². The van der Waals surface area contributed by atoms with Crippen LogP contribution in [0.1, 0.15) is 38.3 Å². The highest BCUT2D eigenvalue weighted by molar-refractivity contribution is 5.34. The molecular formula is C13H20. The van der Waals surface area contributed by atoms with E-state index in [1.54, 1.807) is 11.1 Å². The molecule has 0 saturated heterocycles. The molecule has 72 valence electrons. The Morgan fingerprint density at radius 3 is 1.62 bits per heavy atom. The summed E-state index contributed by atoms with van der Waals surface area (Å²) in [5, 5.41) is 0. The summed E-state index contributed by atoms with van der Waals surface area (Å²) in [6.07, 6.45) is 3.91. The van der Waals surface area contributed by atoms with Crippen LogP contribution in [0.25, 0.3) is 0 Å². The molecule has 0 aliphatic heterocycles. The number of hydrogen-bond donors (Lipinski definition) is 0. The maximum atomic E-state index is 2.22. The molecule has 0 heteroatoms. The van der Waals surface area contributed by atoms with Crippen molar-refractivity contribution in [3.8, 4) is 0 Å². The smallest absolute Gasteiger partial charge is 0.0235 e. The van der Waals surface area contributed by atoms with Crippen LogP contribution >= 0.6 is 0 Å². The lowest BCUT2D eigenvalue weighted by Gasteiger charge is -2.16. The molecule has 1 aliphatic rings. The summed E-state index contributed by atoms with van der Waals surface area (Å²) in [6, 6.07) is 8.63. The highest BCUT2D eigenvalue weighted by atomic mass is 14.1. The minimum Gasteiger partial charge on any atom is -0.0651 e. The highest BCUT2D eigenvalue weighted by Gasteiger charge is 2.09. The quantitative estimate of drug-likeness (QED) is 0.610. The Bertz CT molecular complexity index is 225. The van der Waals surface area contributed by atoms with Gasteiger partial charge in [0.25, 0.3) is 0 Å². The second-order valence-corrected chi connectivity index (χ2v) is 4.07. The fourth-order valence-electron chi connectivity index (χ4n) is 1.14. The summed E-state index contributed by atoms with van der Waals surface area (Å²) in [5.74, 6) is 0.884. The zero-order chi connectivity index (χ0) is 9.68. The van der Waals surface area contributed by atoms with Gasteiger partial charge in [-0.05, 0) is 29.9 Å². The summed E-state index contributed by atoms with van der Waals surface area (Å²) in [4.78, 5) is 0. The minimum absolute atomic E-state index is 0.884. The molecule has 1 aromatic rings. The van der Waals surface area contributed by atoms with Crippen molar-refractivity contribution in [3.05, 3.63) is 35.4 Å². The zero-order valence-electron chi connectivity index (χ0n) is 9.01. The average molecular weight is 176 g/mol. The third kappa shape index (κ3) is 3.22. The van der Waals surface area contributed by atoms with Crippen LogP contribution in [0.15, 0.2) is 24.3 Å². The van der Waals surface area contributed by atoms with E-state index in [9.17, 15) is 0 Å². The van der Waals surface area contributed by atoms with Crippen molar-refractivity contribution in [2.24, 2.45) is 5.92 Å². The van der Waals surface area contributed by atoms with Gasteiger partial charge in [-0.15, -0.1) is 0 Å². The Morgan fingerprint density at radius 2 is 1.46 bits per heavy atom. The van der Waals surface area contributed by atoms with Crippen molar-refractivity contribution in [1.29, 1.82) is 0 Å². The van der Waals surface area contributed by atoms with Gasteiger partial charge in [0.2, 0.25) is 0 Å². The highest BCUT2D eigenvalue weighted by Crippen LogP contribution is 2.20. The summed E-state index contributed by atoms with van der Waals surface area (Å²) >= 11 is 0.